The highest BCUT2D eigenvalue weighted by molar-refractivity contribution is 6.35. The lowest BCUT2D eigenvalue weighted by Gasteiger charge is -2.35. The maximum absolute atomic E-state index is 13.2. The molecule has 0 bridgehead atoms. The summed E-state index contributed by atoms with van der Waals surface area (Å²) < 4.78 is 16.7. The van der Waals surface area contributed by atoms with Crippen LogP contribution in [0.2, 0.25) is 10.0 Å². The Balaban J connectivity index is 2.72. The number of hydrogen-bond donors (Lipinski definition) is 0. The van der Waals surface area contributed by atoms with Gasteiger partial charge in [-0.3, -0.25) is 4.79 Å². The van der Waals surface area contributed by atoms with Crippen LogP contribution >= 0.6 is 23.2 Å². The highest BCUT2D eigenvalue weighted by atomic mass is 35.5. The number of carbonyl (C=O) groups is 1. The van der Waals surface area contributed by atoms with E-state index in [-0.39, 0.29) is 6.42 Å². The molecule has 2 rings (SSSR count). The van der Waals surface area contributed by atoms with Gasteiger partial charge >= 0.3 is 5.97 Å². The van der Waals surface area contributed by atoms with Crippen molar-refractivity contribution in [1.29, 1.82) is 0 Å². The zero-order valence-electron chi connectivity index (χ0n) is 15.7. The van der Waals surface area contributed by atoms with Crippen molar-refractivity contribution in [3.63, 3.8) is 0 Å². The lowest BCUT2D eigenvalue weighted by molar-refractivity contribution is -0.164. The fourth-order valence-corrected chi connectivity index (χ4v) is 3.78. The van der Waals surface area contributed by atoms with E-state index in [0.29, 0.717) is 28.8 Å². The van der Waals surface area contributed by atoms with Crippen LogP contribution in [0.1, 0.15) is 31.4 Å². The van der Waals surface area contributed by atoms with Gasteiger partial charge in [0.25, 0.3) is 0 Å². The van der Waals surface area contributed by atoms with Crippen molar-refractivity contribution in [2.45, 2.75) is 32.0 Å². The molecule has 0 N–H and O–H groups in total. The Hall–Kier alpha value is -1.59. The molecule has 6 heteroatoms. The van der Waals surface area contributed by atoms with Gasteiger partial charge in [-0.05, 0) is 37.1 Å². The molecule has 0 heterocycles. The molecular weight excluding hydrogens is 387 g/mol. The van der Waals surface area contributed by atoms with Crippen LogP contribution in [0.15, 0.2) is 48.5 Å². The van der Waals surface area contributed by atoms with Gasteiger partial charge in [-0.1, -0.05) is 59.6 Å². The van der Waals surface area contributed by atoms with Gasteiger partial charge in [-0.2, -0.15) is 0 Å². The second-order valence-corrected chi connectivity index (χ2v) is 6.78. The van der Waals surface area contributed by atoms with Crippen LogP contribution < -0.4 is 0 Å². The molecule has 146 valence electrons. The summed E-state index contributed by atoms with van der Waals surface area (Å²) in [5.41, 5.74) is 0.133. The topological polar surface area (TPSA) is 44.8 Å². The monoisotopic (exact) mass is 410 g/mol. The van der Waals surface area contributed by atoms with Gasteiger partial charge in [-0.25, -0.2) is 0 Å². The maximum Gasteiger partial charge on any atom is 0.321 e. The van der Waals surface area contributed by atoms with Crippen molar-refractivity contribution >= 4 is 29.2 Å². The average Bonchev–Trinajstić information content (AvgIpc) is 2.67. The van der Waals surface area contributed by atoms with Crippen molar-refractivity contribution in [1.82, 2.24) is 0 Å². The van der Waals surface area contributed by atoms with Gasteiger partial charge in [0.1, 0.15) is 5.41 Å². The van der Waals surface area contributed by atoms with E-state index in [9.17, 15) is 4.79 Å². The SMILES string of the molecule is CCOC(CC(C(=O)OC)(c1ccccc1)c1ccc(Cl)cc1Cl)OCC. The minimum absolute atomic E-state index is 0.215. The van der Waals surface area contributed by atoms with Crippen LogP contribution in [0.4, 0.5) is 0 Å². The molecule has 0 saturated carbocycles. The number of halogens is 2. The van der Waals surface area contributed by atoms with Crippen molar-refractivity contribution in [3.8, 4) is 0 Å². The van der Waals surface area contributed by atoms with Gasteiger partial charge < -0.3 is 14.2 Å². The molecule has 0 aromatic heterocycles. The molecule has 0 aliphatic rings. The molecule has 0 amide bonds. The fraction of sp³-hybridized carbons (Fsp3) is 0.381. The highest BCUT2D eigenvalue weighted by Crippen LogP contribution is 2.42. The minimum Gasteiger partial charge on any atom is -0.468 e. The Bertz CT molecular complexity index is 745. The van der Waals surface area contributed by atoms with Crippen LogP contribution in [-0.2, 0) is 24.4 Å². The number of carbonyl (C=O) groups excluding carboxylic acids is 1. The minimum atomic E-state index is -1.20. The van der Waals surface area contributed by atoms with Gasteiger partial charge in [0.15, 0.2) is 6.29 Å². The summed E-state index contributed by atoms with van der Waals surface area (Å²) in [6, 6.07) is 14.4. The molecule has 1 unspecified atom stereocenters. The standard InChI is InChI=1S/C21H24Cl2O4/c1-4-26-19(27-5-2)14-21(20(24)25-3,15-9-7-6-8-10-15)17-12-11-16(22)13-18(17)23/h6-13,19H,4-5,14H2,1-3H3. The molecule has 0 aliphatic carbocycles. The first-order valence-electron chi connectivity index (χ1n) is 8.82. The van der Waals surface area contributed by atoms with Crippen LogP contribution in [0.25, 0.3) is 0 Å². The predicted octanol–water partition coefficient (Wildman–Crippen LogP) is 5.24. The van der Waals surface area contributed by atoms with Crippen LogP contribution in [0, 0.1) is 0 Å². The first-order valence-corrected chi connectivity index (χ1v) is 9.57. The van der Waals surface area contributed by atoms with Crippen LogP contribution in [0.5, 0.6) is 0 Å². The molecule has 2 aromatic rings. The first-order chi connectivity index (χ1) is 13.0. The molecule has 4 nitrogen and oxygen atoms in total. The van der Waals surface area contributed by atoms with Gasteiger partial charge in [-0.15, -0.1) is 0 Å². The summed E-state index contributed by atoms with van der Waals surface area (Å²) in [5, 5.41) is 0.866. The van der Waals surface area contributed by atoms with E-state index in [2.05, 4.69) is 0 Å². The second-order valence-electron chi connectivity index (χ2n) is 5.93. The van der Waals surface area contributed by atoms with E-state index in [1.807, 2.05) is 44.2 Å². The number of rotatable bonds is 9. The quantitative estimate of drug-likeness (QED) is 0.418. The van der Waals surface area contributed by atoms with E-state index in [0.717, 1.165) is 5.56 Å². The van der Waals surface area contributed by atoms with Crippen molar-refractivity contribution < 1.29 is 19.0 Å². The maximum atomic E-state index is 13.2. The Morgan fingerprint density at radius 2 is 1.67 bits per heavy atom. The predicted molar refractivity (Wildman–Crippen MR) is 107 cm³/mol. The van der Waals surface area contributed by atoms with Crippen molar-refractivity contribution in [2.75, 3.05) is 20.3 Å². The largest absolute Gasteiger partial charge is 0.468 e. The zero-order chi connectivity index (χ0) is 19.9. The fourth-order valence-electron chi connectivity index (χ4n) is 3.21. The molecule has 0 aliphatic heterocycles. The van der Waals surface area contributed by atoms with Gasteiger partial charge in [0.05, 0.1) is 7.11 Å². The van der Waals surface area contributed by atoms with Crippen LogP contribution in [0.3, 0.4) is 0 Å². The molecule has 0 radical (unpaired) electrons. The molecule has 0 saturated heterocycles. The van der Waals surface area contributed by atoms with Crippen LogP contribution in [-0.4, -0.2) is 32.6 Å². The molecular formula is C21H24Cl2O4. The molecule has 27 heavy (non-hydrogen) atoms. The summed E-state index contributed by atoms with van der Waals surface area (Å²) in [6.07, 6.45) is -0.391. The summed E-state index contributed by atoms with van der Waals surface area (Å²) in [7, 11) is 1.36. The molecule has 0 fully saturated rings. The third-order valence-corrected chi connectivity index (χ3v) is 4.92. The van der Waals surface area contributed by atoms with E-state index in [4.69, 9.17) is 37.4 Å². The molecule has 1 atom stereocenters. The zero-order valence-corrected chi connectivity index (χ0v) is 17.2. The smallest absolute Gasteiger partial charge is 0.321 e. The average molecular weight is 411 g/mol. The third kappa shape index (κ3) is 4.82. The van der Waals surface area contributed by atoms with Gasteiger partial charge in [0.2, 0.25) is 0 Å². The number of hydrogen-bond acceptors (Lipinski definition) is 4. The summed E-state index contributed by atoms with van der Waals surface area (Å²) in [5.74, 6) is -0.442. The Morgan fingerprint density at radius 3 is 2.19 bits per heavy atom. The summed E-state index contributed by atoms with van der Waals surface area (Å²) >= 11 is 12.6. The number of methoxy groups -OCH3 is 1. The number of esters is 1. The van der Waals surface area contributed by atoms with Gasteiger partial charge in [0, 0.05) is 29.7 Å². The van der Waals surface area contributed by atoms with E-state index in [1.165, 1.54) is 7.11 Å². The highest BCUT2D eigenvalue weighted by Gasteiger charge is 2.47. The Kier molecular flexibility index (Phi) is 8.11. The third-order valence-electron chi connectivity index (χ3n) is 4.37. The lowest BCUT2D eigenvalue weighted by Crippen LogP contribution is -2.43. The normalized spacial score (nSPS) is 13.4. The number of benzene rings is 2. The number of ether oxygens (including phenoxy) is 3. The summed E-state index contributed by atoms with van der Waals surface area (Å²) in [6.45, 7) is 4.66. The van der Waals surface area contributed by atoms with Crippen molar-refractivity contribution in [2.24, 2.45) is 0 Å². The second kappa shape index (κ2) is 10.1. The Labute approximate surface area is 170 Å². The van der Waals surface area contributed by atoms with E-state index < -0.39 is 17.7 Å². The van der Waals surface area contributed by atoms with E-state index >= 15 is 0 Å². The first kappa shape index (κ1) is 21.7. The van der Waals surface area contributed by atoms with E-state index in [1.54, 1.807) is 18.2 Å². The molecule has 2 aromatic carbocycles. The summed E-state index contributed by atoms with van der Waals surface area (Å²) in [4.78, 5) is 13.2. The lowest BCUT2D eigenvalue weighted by atomic mass is 9.71. The Morgan fingerprint density at radius 1 is 1.04 bits per heavy atom. The molecule has 0 spiro atoms. The van der Waals surface area contributed by atoms with Crippen molar-refractivity contribution in [3.05, 3.63) is 69.7 Å².